The Morgan fingerprint density at radius 1 is 1.60 bits per heavy atom. The maximum absolute atomic E-state index is 10.9. The van der Waals surface area contributed by atoms with Gasteiger partial charge in [0.1, 0.15) is 12.7 Å². The molecule has 1 N–H and O–H groups in total. The molecule has 0 spiro atoms. The van der Waals surface area contributed by atoms with E-state index in [1.807, 2.05) is 13.8 Å². The van der Waals surface area contributed by atoms with Crippen LogP contribution in [0.4, 0.5) is 0 Å². The van der Waals surface area contributed by atoms with Crippen LogP contribution >= 0.6 is 0 Å². The second-order valence-electron chi connectivity index (χ2n) is 4.69. The van der Waals surface area contributed by atoms with E-state index in [-0.39, 0.29) is 17.3 Å². The Balaban J connectivity index is 1.90. The molecule has 82 valence electrons. The number of aryl methyl sites for hydroxylation is 1. The third kappa shape index (κ3) is 1.73. The number of hydrogen-bond donors (Lipinski definition) is 1. The van der Waals surface area contributed by atoms with Gasteiger partial charge in [0.2, 0.25) is 0 Å². The van der Waals surface area contributed by atoms with Gasteiger partial charge >= 0.3 is 5.97 Å². The molecule has 5 heteroatoms. The minimum Gasteiger partial charge on any atom is -0.481 e. The quantitative estimate of drug-likeness (QED) is 0.804. The van der Waals surface area contributed by atoms with Crippen LogP contribution in [0.15, 0.2) is 12.7 Å². The van der Waals surface area contributed by atoms with Crippen molar-refractivity contribution < 1.29 is 9.90 Å². The van der Waals surface area contributed by atoms with Crippen LogP contribution in [0.25, 0.3) is 0 Å². The normalized spacial score (nSPS) is 27.6. The van der Waals surface area contributed by atoms with Gasteiger partial charge in [-0.1, -0.05) is 13.8 Å². The summed E-state index contributed by atoms with van der Waals surface area (Å²) in [6, 6.07) is 0. The summed E-state index contributed by atoms with van der Waals surface area (Å²) in [6.45, 7) is 4.77. The van der Waals surface area contributed by atoms with E-state index in [1.165, 1.54) is 6.33 Å². The van der Waals surface area contributed by atoms with Gasteiger partial charge in [-0.15, -0.1) is 0 Å². The highest BCUT2D eigenvalue weighted by atomic mass is 16.4. The van der Waals surface area contributed by atoms with E-state index in [4.69, 9.17) is 5.11 Å². The maximum Gasteiger partial charge on any atom is 0.307 e. The van der Waals surface area contributed by atoms with Gasteiger partial charge in [0, 0.05) is 6.54 Å². The molecular weight excluding hydrogens is 194 g/mol. The number of carbonyl (C=O) groups is 1. The van der Waals surface area contributed by atoms with Crippen LogP contribution in [-0.2, 0) is 11.3 Å². The molecule has 1 saturated carbocycles. The molecule has 2 unspecified atom stereocenters. The number of aromatic nitrogens is 3. The summed E-state index contributed by atoms with van der Waals surface area (Å²) >= 11 is 0. The fraction of sp³-hybridized carbons (Fsp3) is 0.700. The van der Waals surface area contributed by atoms with E-state index in [0.717, 1.165) is 13.0 Å². The zero-order chi connectivity index (χ0) is 11.1. The Morgan fingerprint density at radius 2 is 2.33 bits per heavy atom. The van der Waals surface area contributed by atoms with Gasteiger partial charge in [-0.3, -0.25) is 9.48 Å². The molecule has 5 nitrogen and oxygen atoms in total. The number of rotatable bonds is 4. The minimum absolute atomic E-state index is 0.0631. The Kier molecular flexibility index (Phi) is 2.25. The van der Waals surface area contributed by atoms with Crippen LogP contribution in [0.3, 0.4) is 0 Å². The van der Waals surface area contributed by atoms with Gasteiger partial charge < -0.3 is 5.11 Å². The highest BCUT2D eigenvalue weighted by molar-refractivity contribution is 5.75. The molecule has 1 aromatic rings. The smallest absolute Gasteiger partial charge is 0.307 e. The van der Waals surface area contributed by atoms with Crippen LogP contribution in [0.1, 0.15) is 20.3 Å². The predicted molar refractivity (Wildman–Crippen MR) is 53.0 cm³/mol. The fourth-order valence-corrected chi connectivity index (χ4v) is 2.39. The lowest BCUT2D eigenvalue weighted by atomic mass is 10.1. The fourth-order valence-electron chi connectivity index (χ4n) is 2.39. The summed E-state index contributed by atoms with van der Waals surface area (Å²) in [6.07, 6.45) is 4.01. The molecule has 0 radical (unpaired) electrons. The largest absolute Gasteiger partial charge is 0.481 e. The first kappa shape index (κ1) is 10.1. The van der Waals surface area contributed by atoms with Crippen molar-refractivity contribution in [1.29, 1.82) is 0 Å². The lowest BCUT2D eigenvalue weighted by Gasteiger charge is -2.01. The van der Waals surface area contributed by atoms with Crippen LogP contribution in [0.5, 0.6) is 0 Å². The monoisotopic (exact) mass is 209 g/mol. The first-order valence-electron chi connectivity index (χ1n) is 5.08. The van der Waals surface area contributed by atoms with Crippen molar-refractivity contribution in [3.63, 3.8) is 0 Å². The first-order chi connectivity index (χ1) is 7.03. The van der Waals surface area contributed by atoms with Crippen molar-refractivity contribution in [2.75, 3.05) is 0 Å². The van der Waals surface area contributed by atoms with Crippen molar-refractivity contribution in [1.82, 2.24) is 14.8 Å². The molecule has 0 aromatic carbocycles. The van der Waals surface area contributed by atoms with Crippen molar-refractivity contribution in [2.45, 2.75) is 26.8 Å². The van der Waals surface area contributed by atoms with Crippen LogP contribution in [0, 0.1) is 17.3 Å². The average Bonchev–Trinajstić information content (AvgIpc) is 2.55. The number of nitrogens with zero attached hydrogens (tertiary/aromatic N) is 3. The molecule has 2 atom stereocenters. The van der Waals surface area contributed by atoms with Gasteiger partial charge in [0.05, 0.1) is 5.92 Å². The Morgan fingerprint density at radius 3 is 2.80 bits per heavy atom. The van der Waals surface area contributed by atoms with Crippen molar-refractivity contribution in [3.05, 3.63) is 12.7 Å². The number of hydrogen-bond acceptors (Lipinski definition) is 3. The lowest BCUT2D eigenvalue weighted by molar-refractivity contribution is -0.139. The van der Waals surface area contributed by atoms with Crippen LogP contribution < -0.4 is 0 Å². The van der Waals surface area contributed by atoms with E-state index in [9.17, 15) is 4.79 Å². The third-order valence-electron chi connectivity index (χ3n) is 3.45. The second kappa shape index (κ2) is 3.32. The SMILES string of the molecule is CC1(C)C(CCn2cncn2)C1C(=O)O. The Hall–Kier alpha value is -1.39. The molecule has 0 saturated heterocycles. The van der Waals surface area contributed by atoms with E-state index >= 15 is 0 Å². The predicted octanol–water partition coefficient (Wildman–Crippen LogP) is 1.02. The first-order valence-corrected chi connectivity index (χ1v) is 5.08. The molecule has 15 heavy (non-hydrogen) atoms. The summed E-state index contributed by atoms with van der Waals surface area (Å²) in [5.74, 6) is -0.608. The number of aliphatic carboxylic acids is 1. The molecule has 0 bridgehead atoms. The van der Waals surface area contributed by atoms with Crippen molar-refractivity contribution in [3.8, 4) is 0 Å². The molecule has 1 aliphatic carbocycles. The van der Waals surface area contributed by atoms with E-state index in [1.54, 1.807) is 11.0 Å². The number of carboxylic acid groups (broad SMARTS) is 1. The second-order valence-corrected chi connectivity index (χ2v) is 4.69. The molecule has 1 heterocycles. The molecule has 1 aliphatic rings. The summed E-state index contributed by atoms with van der Waals surface area (Å²) in [5.41, 5.74) is -0.0631. The van der Waals surface area contributed by atoms with E-state index in [2.05, 4.69) is 10.1 Å². The third-order valence-corrected chi connectivity index (χ3v) is 3.45. The van der Waals surface area contributed by atoms with Gasteiger partial charge in [-0.25, -0.2) is 4.98 Å². The summed E-state index contributed by atoms with van der Waals surface area (Å²) in [7, 11) is 0. The zero-order valence-corrected chi connectivity index (χ0v) is 8.92. The van der Waals surface area contributed by atoms with Gasteiger partial charge in [-0.05, 0) is 17.8 Å². The lowest BCUT2D eigenvalue weighted by Crippen LogP contribution is -2.04. The van der Waals surface area contributed by atoms with Crippen molar-refractivity contribution >= 4 is 5.97 Å². The van der Waals surface area contributed by atoms with Gasteiger partial charge in [0.15, 0.2) is 0 Å². The topological polar surface area (TPSA) is 68.0 Å². The van der Waals surface area contributed by atoms with Gasteiger partial charge in [-0.2, -0.15) is 5.10 Å². The molecule has 2 rings (SSSR count). The van der Waals surface area contributed by atoms with Gasteiger partial charge in [0.25, 0.3) is 0 Å². The minimum atomic E-state index is -0.677. The van der Waals surface area contributed by atoms with Crippen molar-refractivity contribution in [2.24, 2.45) is 17.3 Å². The molecule has 1 fully saturated rings. The standard InChI is InChI=1S/C10H15N3O2/c1-10(2)7(8(10)9(14)15)3-4-13-6-11-5-12-13/h5-8H,3-4H2,1-2H3,(H,14,15). The van der Waals surface area contributed by atoms with E-state index < -0.39 is 5.97 Å². The molecular formula is C10H15N3O2. The molecule has 1 aromatic heterocycles. The van der Waals surface area contributed by atoms with Crippen LogP contribution in [-0.4, -0.2) is 25.8 Å². The summed E-state index contributed by atoms with van der Waals surface area (Å²) < 4.78 is 1.74. The Labute approximate surface area is 88.1 Å². The molecule has 0 amide bonds. The Bertz CT molecular complexity index is 359. The summed E-state index contributed by atoms with van der Waals surface area (Å²) in [4.78, 5) is 14.8. The highest BCUT2D eigenvalue weighted by Crippen LogP contribution is 2.60. The number of carboxylic acids is 1. The maximum atomic E-state index is 10.9. The van der Waals surface area contributed by atoms with E-state index in [0.29, 0.717) is 0 Å². The zero-order valence-electron chi connectivity index (χ0n) is 8.92. The summed E-state index contributed by atoms with van der Waals surface area (Å²) in [5, 5.41) is 13.0. The highest BCUT2D eigenvalue weighted by Gasteiger charge is 2.61. The average molecular weight is 209 g/mol. The molecule has 0 aliphatic heterocycles. The van der Waals surface area contributed by atoms with Crippen LogP contribution in [0.2, 0.25) is 0 Å².